The first-order valence-corrected chi connectivity index (χ1v) is 10.5. The highest BCUT2D eigenvalue weighted by Crippen LogP contribution is 2.32. The summed E-state index contributed by atoms with van der Waals surface area (Å²) >= 11 is 4.87. The van der Waals surface area contributed by atoms with Crippen LogP contribution in [-0.2, 0) is 16.6 Å². The van der Waals surface area contributed by atoms with Crippen molar-refractivity contribution in [3.8, 4) is 0 Å². The van der Waals surface area contributed by atoms with E-state index in [1.807, 2.05) is 6.92 Å². The van der Waals surface area contributed by atoms with Gasteiger partial charge in [0, 0.05) is 17.5 Å². The Morgan fingerprint density at radius 1 is 1.33 bits per heavy atom. The van der Waals surface area contributed by atoms with Gasteiger partial charge in [0.2, 0.25) is 10.0 Å². The molecule has 2 N–H and O–H groups in total. The van der Waals surface area contributed by atoms with Gasteiger partial charge in [-0.05, 0) is 60.1 Å². The summed E-state index contributed by atoms with van der Waals surface area (Å²) in [6, 6.07) is 1.85. The first-order valence-electron chi connectivity index (χ1n) is 7.43. The van der Waals surface area contributed by atoms with E-state index in [1.54, 1.807) is 6.07 Å². The molecule has 1 fully saturated rings. The van der Waals surface area contributed by atoms with E-state index in [2.05, 4.69) is 32.9 Å². The first kappa shape index (κ1) is 17.4. The molecule has 0 bridgehead atoms. The third-order valence-corrected chi connectivity index (χ3v) is 7.66. The zero-order valence-electron chi connectivity index (χ0n) is 12.5. The molecule has 0 unspecified atom stereocenters. The molecule has 0 aliphatic heterocycles. The van der Waals surface area contributed by atoms with Crippen LogP contribution in [0.1, 0.15) is 44.4 Å². The van der Waals surface area contributed by atoms with Crippen LogP contribution in [0.15, 0.2) is 14.7 Å². The minimum absolute atomic E-state index is 0.0789. The Bertz CT molecular complexity index is 564. The molecule has 0 aromatic carbocycles. The van der Waals surface area contributed by atoms with Crippen molar-refractivity contribution in [1.29, 1.82) is 0 Å². The summed E-state index contributed by atoms with van der Waals surface area (Å²) in [6.45, 7) is 5.84. The van der Waals surface area contributed by atoms with Gasteiger partial charge in [0.05, 0.1) is 3.79 Å². The summed E-state index contributed by atoms with van der Waals surface area (Å²) in [5.41, 5.74) is 0. The molecular formula is C14H23BrN2O2S2. The van der Waals surface area contributed by atoms with Gasteiger partial charge in [-0.2, -0.15) is 0 Å². The highest BCUT2D eigenvalue weighted by molar-refractivity contribution is 9.11. The summed E-state index contributed by atoms with van der Waals surface area (Å²) < 4.78 is 28.6. The van der Waals surface area contributed by atoms with Crippen molar-refractivity contribution >= 4 is 37.3 Å². The topological polar surface area (TPSA) is 58.2 Å². The van der Waals surface area contributed by atoms with E-state index in [9.17, 15) is 8.42 Å². The number of sulfonamides is 1. The van der Waals surface area contributed by atoms with E-state index < -0.39 is 10.0 Å². The average Bonchev–Trinajstić information content (AvgIpc) is 2.81. The van der Waals surface area contributed by atoms with Crippen molar-refractivity contribution in [2.75, 3.05) is 6.54 Å². The van der Waals surface area contributed by atoms with E-state index in [4.69, 9.17) is 0 Å². The number of hydrogen-bond donors (Lipinski definition) is 2. The van der Waals surface area contributed by atoms with Gasteiger partial charge in [-0.15, -0.1) is 11.3 Å². The molecule has 0 amide bonds. The zero-order chi connectivity index (χ0) is 15.5. The number of halogens is 1. The third kappa shape index (κ3) is 4.76. The molecule has 1 aliphatic carbocycles. The second-order valence-corrected chi connectivity index (χ2v) is 9.85. The van der Waals surface area contributed by atoms with E-state index in [-0.39, 0.29) is 6.04 Å². The largest absolute Gasteiger partial charge is 0.312 e. The lowest BCUT2D eigenvalue weighted by atomic mass is 9.88. The molecular weight excluding hydrogens is 372 g/mol. The van der Waals surface area contributed by atoms with Gasteiger partial charge in [-0.1, -0.05) is 13.8 Å². The van der Waals surface area contributed by atoms with Crippen molar-refractivity contribution < 1.29 is 8.42 Å². The summed E-state index contributed by atoms with van der Waals surface area (Å²) in [5, 5.41) is 3.22. The predicted molar refractivity (Wildman–Crippen MR) is 91.1 cm³/mol. The highest BCUT2D eigenvalue weighted by Gasteiger charge is 2.26. The van der Waals surface area contributed by atoms with Crippen LogP contribution in [-0.4, -0.2) is 21.0 Å². The van der Waals surface area contributed by atoms with E-state index in [1.165, 1.54) is 11.3 Å². The summed E-state index contributed by atoms with van der Waals surface area (Å²) in [7, 11) is -3.43. The van der Waals surface area contributed by atoms with Gasteiger partial charge < -0.3 is 5.32 Å². The lowest BCUT2D eigenvalue weighted by molar-refractivity contribution is 0.332. The first-order chi connectivity index (χ1) is 9.92. The summed E-state index contributed by atoms with van der Waals surface area (Å²) in [6.07, 6.45) is 4.08. The molecule has 1 heterocycles. The Morgan fingerprint density at radius 2 is 2.00 bits per heavy atom. The fourth-order valence-corrected chi connectivity index (χ4v) is 6.53. The molecule has 2 rings (SSSR count). The molecule has 1 aromatic rings. The lowest BCUT2D eigenvalue weighted by Gasteiger charge is -2.26. The van der Waals surface area contributed by atoms with Crippen molar-refractivity contribution in [2.45, 2.75) is 57.0 Å². The van der Waals surface area contributed by atoms with Crippen molar-refractivity contribution in [1.82, 2.24) is 10.0 Å². The Labute approximate surface area is 139 Å². The average molecular weight is 395 g/mol. The van der Waals surface area contributed by atoms with Gasteiger partial charge in [0.25, 0.3) is 0 Å². The van der Waals surface area contributed by atoms with Gasteiger partial charge in [0.1, 0.15) is 4.90 Å². The molecule has 0 radical (unpaired) electrons. The van der Waals surface area contributed by atoms with Crippen LogP contribution in [0.3, 0.4) is 0 Å². The van der Waals surface area contributed by atoms with E-state index in [0.29, 0.717) is 21.1 Å². The van der Waals surface area contributed by atoms with Gasteiger partial charge >= 0.3 is 0 Å². The molecule has 7 heteroatoms. The fourth-order valence-electron chi connectivity index (χ4n) is 2.58. The third-order valence-electron chi connectivity index (χ3n) is 3.88. The van der Waals surface area contributed by atoms with Crippen LogP contribution in [0.25, 0.3) is 0 Å². The minimum Gasteiger partial charge on any atom is -0.312 e. The molecule has 120 valence electrons. The second kappa shape index (κ2) is 7.55. The molecule has 1 aromatic heterocycles. The van der Waals surface area contributed by atoms with Gasteiger partial charge in [-0.25, -0.2) is 13.1 Å². The Kier molecular flexibility index (Phi) is 6.25. The van der Waals surface area contributed by atoms with Crippen LogP contribution in [0, 0.1) is 5.92 Å². The van der Waals surface area contributed by atoms with Crippen LogP contribution in [0.2, 0.25) is 0 Å². The maximum atomic E-state index is 12.5. The maximum Gasteiger partial charge on any atom is 0.242 e. The normalized spacial score (nSPS) is 23.4. The molecule has 0 atom stereocenters. The number of hydrogen-bond acceptors (Lipinski definition) is 4. The van der Waals surface area contributed by atoms with E-state index >= 15 is 0 Å². The van der Waals surface area contributed by atoms with Gasteiger partial charge in [-0.3, -0.25) is 0 Å². The maximum absolute atomic E-state index is 12.5. The lowest BCUT2D eigenvalue weighted by Crippen LogP contribution is -2.37. The Hall–Kier alpha value is 0.0500. The molecule has 1 aliphatic rings. The van der Waals surface area contributed by atoms with Crippen molar-refractivity contribution in [3.63, 3.8) is 0 Å². The number of rotatable bonds is 6. The van der Waals surface area contributed by atoms with Crippen molar-refractivity contribution in [2.24, 2.45) is 5.92 Å². The van der Waals surface area contributed by atoms with Crippen LogP contribution < -0.4 is 10.0 Å². The van der Waals surface area contributed by atoms with E-state index in [0.717, 1.165) is 37.1 Å². The Morgan fingerprint density at radius 3 is 2.62 bits per heavy atom. The van der Waals surface area contributed by atoms with Crippen molar-refractivity contribution in [3.05, 3.63) is 14.7 Å². The summed E-state index contributed by atoms with van der Waals surface area (Å²) in [5.74, 6) is 0.713. The number of nitrogens with one attached hydrogen (secondary N) is 2. The molecule has 4 nitrogen and oxygen atoms in total. The highest BCUT2D eigenvalue weighted by atomic mass is 79.9. The standard InChI is InChI=1S/C14H23BrN2O2S2/c1-3-16-9-12-8-13(14(15)20-12)21(18,19)17-11-6-4-10(2)5-7-11/h8,10-11,16-17H,3-7,9H2,1-2H3. The van der Waals surface area contributed by atoms with Crippen LogP contribution in [0.4, 0.5) is 0 Å². The second-order valence-electron chi connectivity index (χ2n) is 5.71. The van der Waals surface area contributed by atoms with Gasteiger partial charge in [0.15, 0.2) is 0 Å². The monoisotopic (exact) mass is 394 g/mol. The quantitative estimate of drug-likeness (QED) is 0.776. The molecule has 1 saturated carbocycles. The predicted octanol–water partition coefficient (Wildman–Crippen LogP) is 3.48. The molecule has 0 saturated heterocycles. The number of thiophene rings is 1. The van der Waals surface area contributed by atoms with Crippen LogP contribution >= 0.6 is 27.3 Å². The molecule has 0 spiro atoms. The fraction of sp³-hybridized carbons (Fsp3) is 0.714. The molecule has 21 heavy (non-hydrogen) atoms. The smallest absolute Gasteiger partial charge is 0.242 e. The summed E-state index contributed by atoms with van der Waals surface area (Å²) in [4.78, 5) is 1.40. The zero-order valence-corrected chi connectivity index (χ0v) is 15.7. The Balaban J connectivity index is 2.06. The van der Waals surface area contributed by atoms with Crippen LogP contribution in [0.5, 0.6) is 0 Å². The SMILES string of the molecule is CCNCc1cc(S(=O)(=O)NC2CCC(C)CC2)c(Br)s1. The minimum atomic E-state index is -3.43.